The normalized spacial score (nSPS) is 18.5. The third-order valence-electron chi connectivity index (χ3n) is 9.92. The van der Waals surface area contributed by atoms with Gasteiger partial charge in [0, 0.05) is 18.5 Å². The molecule has 2 aliphatic rings. The molecule has 0 bridgehead atoms. The number of alkyl carbamates (subject to hydrolysis) is 2. The predicted molar refractivity (Wildman–Crippen MR) is 207 cm³/mol. The van der Waals surface area contributed by atoms with E-state index in [1.807, 2.05) is 50.1 Å². The molecule has 4 aromatic heterocycles. The van der Waals surface area contributed by atoms with E-state index in [-0.39, 0.29) is 35.7 Å². The van der Waals surface area contributed by atoms with E-state index in [2.05, 4.69) is 20.6 Å². The second-order valence-corrected chi connectivity index (χ2v) is 17.1. The first-order chi connectivity index (χ1) is 25.9. The zero-order chi connectivity index (χ0) is 38.3. The number of amides is 4. The molecule has 7 rings (SSSR count). The number of methoxy groups -OCH3 is 2. The first-order valence-electron chi connectivity index (χ1n) is 18.0. The topological polar surface area (TPSA) is 185 Å². The van der Waals surface area contributed by atoms with Gasteiger partial charge in [0.05, 0.1) is 58.6 Å². The number of benzene rings is 1. The summed E-state index contributed by atoms with van der Waals surface area (Å²) >= 11 is 4.61. The van der Waals surface area contributed by atoms with Crippen LogP contribution < -0.4 is 10.6 Å². The summed E-state index contributed by atoms with van der Waals surface area (Å²) in [7, 11) is 2.57. The second-order valence-electron chi connectivity index (χ2n) is 14.2. The fraction of sp³-hybridized carbons (Fsp3) is 0.500. The number of nitrogens with zero attached hydrogens (tertiary/aromatic N) is 6. The van der Waals surface area contributed by atoms with Gasteiger partial charge < -0.3 is 34.9 Å². The number of imidazole rings is 1. The number of fused-ring (bicyclic) bond motifs is 2. The van der Waals surface area contributed by atoms with Crippen molar-refractivity contribution in [2.45, 2.75) is 77.5 Å². The molecule has 2 aliphatic heterocycles. The van der Waals surface area contributed by atoms with Crippen LogP contribution in [0.5, 0.6) is 0 Å². The van der Waals surface area contributed by atoms with Crippen LogP contribution in [0.2, 0.25) is 0 Å². The average Bonchev–Trinajstić information content (AvgIpc) is 4.00. The van der Waals surface area contributed by atoms with Crippen LogP contribution in [-0.4, -0.2) is 98.1 Å². The lowest BCUT2D eigenvalue weighted by Crippen LogP contribution is -2.51. The Balaban J connectivity index is 1.07. The minimum absolute atomic E-state index is 0.105. The molecule has 0 unspecified atom stereocenters. The predicted octanol–water partition coefficient (Wildman–Crippen LogP) is 6.51. The van der Waals surface area contributed by atoms with Gasteiger partial charge in [0.1, 0.15) is 38.6 Å². The molecule has 2 saturated heterocycles. The second kappa shape index (κ2) is 15.6. The van der Waals surface area contributed by atoms with Crippen LogP contribution in [0.25, 0.3) is 41.8 Å². The van der Waals surface area contributed by atoms with Crippen molar-refractivity contribution in [2.75, 3.05) is 27.3 Å². The molecule has 15 nitrogen and oxygen atoms in total. The zero-order valence-corrected chi connectivity index (χ0v) is 33.3. The fourth-order valence-corrected chi connectivity index (χ4v) is 10.00. The largest absolute Gasteiger partial charge is 0.453 e. The molecule has 4 atom stereocenters. The van der Waals surface area contributed by atoms with Crippen molar-refractivity contribution >= 4 is 78.4 Å². The van der Waals surface area contributed by atoms with Gasteiger partial charge in [-0.2, -0.15) is 0 Å². The van der Waals surface area contributed by atoms with Crippen LogP contribution in [0.1, 0.15) is 76.3 Å². The van der Waals surface area contributed by atoms with Gasteiger partial charge in [-0.1, -0.05) is 27.7 Å². The maximum absolute atomic E-state index is 13.6. The third kappa shape index (κ3) is 7.38. The van der Waals surface area contributed by atoms with Crippen molar-refractivity contribution in [2.24, 2.45) is 11.8 Å². The van der Waals surface area contributed by atoms with Crippen LogP contribution in [-0.2, 0) is 19.1 Å². The Bertz CT molecular complexity index is 1990. The van der Waals surface area contributed by atoms with Gasteiger partial charge in [0.15, 0.2) is 0 Å². The summed E-state index contributed by atoms with van der Waals surface area (Å²) < 4.78 is 11.5. The molecule has 18 heteroatoms. The van der Waals surface area contributed by atoms with E-state index in [1.165, 1.54) is 36.9 Å². The SMILES string of the molecule is COC(=O)N[C@H](C(=O)N1CCC[C@H]1c1ncc(-c2nc3cc4sc(-c5csc([C@@H]6CCCN6C(=O)[C@@H](NC(=O)OC)C(C)C)n5)nc4cc3s2)[nH]1)C(C)C. The van der Waals surface area contributed by atoms with Gasteiger partial charge in [-0.15, -0.1) is 34.0 Å². The maximum Gasteiger partial charge on any atom is 0.407 e. The summed E-state index contributed by atoms with van der Waals surface area (Å²) in [5.74, 6) is 0.180. The number of aromatic amines is 1. The van der Waals surface area contributed by atoms with E-state index in [0.29, 0.717) is 18.9 Å². The molecule has 0 saturated carbocycles. The summed E-state index contributed by atoms with van der Waals surface area (Å²) in [4.78, 5) is 77.6. The first kappa shape index (κ1) is 37.6. The van der Waals surface area contributed by atoms with Crippen molar-refractivity contribution in [1.82, 2.24) is 45.4 Å². The molecular formula is C36H43N9O6S3. The standard InChI is InChI=1S/C36H43N9O6S3/c1-17(2)27(42-35(48)50-5)33(46)44-11-7-9-23(44)29-37-15-21(38-29)30-39-19-13-26-20(14-25(19)53-30)40-31(54-26)22-16-52-32(41-22)24-10-8-12-45(24)34(47)28(18(3)4)43-36(49)51-6/h13-18,23-24,27-28H,7-12H2,1-6H3,(H,37,38)(H,42,48)(H,43,49)/t23-,24-,27-,28-/m0/s1. The number of carbonyl (C=O) groups is 4. The Labute approximate surface area is 323 Å². The summed E-state index contributed by atoms with van der Waals surface area (Å²) in [6.45, 7) is 8.77. The van der Waals surface area contributed by atoms with Crippen molar-refractivity contribution in [3.05, 3.63) is 34.5 Å². The van der Waals surface area contributed by atoms with Gasteiger partial charge in [0.25, 0.3) is 0 Å². The van der Waals surface area contributed by atoms with E-state index in [0.717, 1.165) is 72.5 Å². The van der Waals surface area contributed by atoms with Crippen LogP contribution in [0.15, 0.2) is 23.7 Å². The number of carbonyl (C=O) groups excluding carboxylic acids is 4. The van der Waals surface area contributed by atoms with Gasteiger partial charge in [-0.25, -0.2) is 29.5 Å². The van der Waals surface area contributed by atoms with Crippen LogP contribution in [0.4, 0.5) is 9.59 Å². The number of aromatic nitrogens is 5. The molecule has 0 spiro atoms. The summed E-state index contributed by atoms with van der Waals surface area (Å²) in [5.41, 5.74) is 3.24. The van der Waals surface area contributed by atoms with Crippen molar-refractivity contribution in [1.29, 1.82) is 0 Å². The number of ether oxygens (including phenoxy) is 2. The highest BCUT2D eigenvalue weighted by molar-refractivity contribution is 7.23. The first-order valence-corrected chi connectivity index (χ1v) is 20.5. The quantitative estimate of drug-likeness (QED) is 0.141. The smallest absolute Gasteiger partial charge is 0.407 e. The zero-order valence-electron chi connectivity index (χ0n) is 30.9. The van der Waals surface area contributed by atoms with E-state index in [4.69, 9.17) is 24.4 Å². The van der Waals surface area contributed by atoms with E-state index < -0.39 is 24.3 Å². The van der Waals surface area contributed by atoms with Crippen LogP contribution in [0.3, 0.4) is 0 Å². The maximum atomic E-state index is 13.6. The molecule has 286 valence electrons. The molecule has 3 N–H and O–H groups in total. The van der Waals surface area contributed by atoms with Gasteiger partial charge in [-0.3, -0.25) is 9.59 Å². The van der Waals surface area contributed by atoms with Crippen molar-refractivity contribution < 1.29 is 28.7 Å². The Morgan fingerprint density at radius 1 is 0.796 bits per heavy atom. The van der Waals surface area contributed by atoms with Gasteiger partial charge in [-0.05, 0) is 49.7 Å². The average molecular weight is 794 g/mol. The van der Waals surface area contributed by atoms with Crippen molar-refractivity contribution in [3.8, 4) is 21.4 Å². The Kier molecular flexibility index (Phi) is 10.9. The minimum atomic E-state index is -0.702. The minimum Gasteiger partial charge on any atom is -0.453 e. The lowest BCUT2D eigenvalue weighted by molar-refractivity contribution is -0.136. The number of hydrogen-bond acceptors (Lipinski definition) is 13. The van der Waals surface area contributed by atoms with E-state index in [9.17, 15) is 19.2 Å². The number of thiazole rings is 3. The molecule has 2 fully saturated rings. The molecule has 0 radical (unpaired) electrons. The lowest BCUT2D eigenvalue weighted by Gasteiger charge is -2.29. The Morgan fingerprint density at radius 2 is 1.33 bits per heavy atom. The van der Waals surface area contributed by atoms with Gasteiger partial charge in [0.2, 0.25) is 11.8 Å². The highest BCUT2D eigenvalue weighted by atomic mass is 32.1. The van der Waals surface area contributed by atoms with Crippen LogP contribution in [0, 0.1) is 11.8 Å². The Hall–Kier alpha value is -4.68. The molecule has 0 aliphatic carbocycles. The van der Waals surface area contributed by atoms with Crippen LogP contribution >= 0.6 is 34.0 Å². The molecule has 5 aromatic rings. The molecule has 54 heavy (non-hydrogen) atoms. The number of likely N-dealkylation sites (tertiary alicyclic amines) is 2. The van der Waals surface area contributed by atoms with Crippen molar-refractivity contribution in [3.63, 3.8) is 0 Å². The third-order valence-corrected chi connectivity index (χ3v) is 13.0. The number of hydrogen-bond donors (Lipinski definition) is 3. The molecule has 1 aromatic carbocycles. The summed E-state index contributed by atoms with van der Waals surface area (Å²) in [5, 5.41) is 9.81. The molecular weight excluding hydrogens is 751 g/mol. The lowest BCUT2D eigenvalue weighted by atomic mass is 10.0. The van der Waals surface area contributed by atoms with Gasteiger partial charge >= 0.3 is 12.2 Å². The summed E-state index contributed by atoms with van der Waals surface area (Å²) in [6.07, 6.45) is 3.75. The number of H-pyrrole nitrogens is 1. The van der Waals surface area contributed by atoms with E-state index >= 15 is 0 Å². The monoisotopic (exact) mass is 793 g/mol. The fourth-order valence-electron chi connectivity index (χ4n) is 7.09. The highest BCUT2D eigenvalue weighted by Gasteiger charge is 2.39. The molecule has 6 heterocycles. The summed E-state index contributed by atoms with van der Waals surface area (Å²) in [6, 6.07) is 2.30. The molecule has 4 amide bonds. The van der Waals surface area contributed by atoms with E-state index in [1.54, 1.807) is 22.4 Å². The number of nitrogens with one attached hydrogen (secondary N) is 3. The number of rotatable bonds is 10. The Morgan fingerprint density at radius 3 is 1.91 bits per heavy atom. The highest BCUT2D eigenvalue weighted by Crippen LogP contribution is 2.40.